The minimum atomic E-state index is 0.365. The number of aromatic nitrogens is 2. The molecule has 0 amide bonds. The van der Waals surface area contributed by atoms with Gasteiger partial charge in [0.2, 0.25) is 0 Å². The molecule has 4 nitrogen and oxygen atoms in total. The van der Waals surface area contributed by atoms with E-state index in [1.165, 1.54) is 19.3 Å². The molecule has 2 atom stereocenters. The number of benzene rings is 1. The Morgan fingerprint density at radius 3 is 2.76 bits per heavy atom. The van der Waals surface area contributed by atoms with Gasteiger partial charge in [-0.3, -0.25) is 0 Å². The fraction of sp³-hybridized carbons (Fsp3) is 0.524. The van der Waals surface area contributed by atoms with Crippen LogP contribution in [-0.4, -0.2) is 22.6 Å². The average Bonchev–Trinajstić information content (AvgIpc) is 3.00. The van der Waals surface area contributed by atoms with E-state index in [4.69, 9.17) is 14.4 Å². The standard InChI is InChI=1S/C21H25N3O/c1-13-22-17-15-7-5-6-8-16(15)25-18(17)19(23-13)24-12-21(4)10-14(24)9-20(2,3)11-21/h5-8,14H,9-12H2,1-4H3/t14-,21+/m0/s1. The quantitative estimate of drug-likeness (QED) is 0.621. The second-order valence-corrected chi connectivity index (χ2v) is 9.21. The summed E-state index contributed by atoms with van der Waals surface area (Å²) >= 11 is 0. The largest absolute Gasteiger partial charge is 0.450 e. The Kier molecular flexibility index (Phi) is 2.88. The first kappa shape index (κ1) is 15.2. The van der Waals surface area contributed by atoms with Gasteiger partial charge in [0.15, 0.2) is 11.4 Å². The van der Waals surface area contributed by atoms with E-state index in [1.54, 1.807) is 0 Å². The molecule has 2 bridgehead atoms. The number of aryl methyl sites for hydroxylation is 1. The van der Waals surface area contributed by atoms with Crippen molar-refractivity contribution in [3.63, 3.8) is 0 Å². The van der Waals surface area contributed by atoms with Crippen LogP contribution in [0, 0.1) is 17.8 Å². The maximum Gasteiger partial charge on any atom is 0.196 e. The van der Waals surface area contributed by atoms with E-state index < -0.39 is 0 Å². The summed E-state index contributed by atoms with van der Waals surface area (Å²) < 4.78 is 6.22. The van der Waals surface area contributed by atoms with Crippen molar-refractivity contribution in [1.29, 1.82) is 0 Å². The highest BCUT2D eigenvalue weighted by Gasteiger charge is 2.50. The van der Waals surface area contributed by atoms with Crippen LogP contribution in [0.1, 0.15) is 45.9 Å². The van der Waals surface area contributed by atoms with Gasteiger partial charge in [0.05, 0.1) is 0 Å². The molecule has 2 fully saturated rings. The van der Waals surface area contributed by atoms with Crippen LogP contribution < -0.4 is 4.90 Å². The molecule has 0 N–H and O–H groups in total. The fourth-order valence-electron chi connectivity index (χ4n) is 5.59. The zero-order valence-corrected chi connectivity index (χ0v) is 15.5. The van der Waals surface area contributed by atoms with Gasteiger partial charge in [-0.1, -0.05) is 32.9 Å². The number of hydrogen-bond acceptors (Lipinski definition) is 4. The van der Waals surface area contributed by atoms with Crippen molar-refractivity contribution in [1.82, 2.24) is 9.97 Å². The molecule has 130 valence electrons. The Balaban J connectivity index is 1.71. The summed E-state index contributed by atoms with van der Waals surface area (Å²) in [5, 5.41) is 1.08. The molecule has 3 aromatic rings. The molecule has 2 aliphatic rings. The smallest absolute Gasteiger partial charge is 0.196 e. The molecular formula is C21H25N3O. The molecule has 25 heavy (non-hydrogen) atoms. The van der Waals surface area contributed by atoms with Gasteiger partial charge >= 0.3 is 0 Å². The van der Waals surface area contributed by atoms with Crippen LogP contribution in [-0.2, 0) is 0 Å². The van der Waals surface area contributed by atoms with Crippen LogP contribution in [0.3, 0.4) is 0 Å². The van der Waals surface area contributed by atoms with Crippen LogP contribution in [0.2, 0.25) is 0 Å². The van der Waals surface area contributed by atoms with E-state index in [0.29, 0.717) is 16.9 Å². The van der Waals surface area contributed by atoms with E-state index in [0.717, 1.165) is 40.3 Å². The van der Waals surface area contributed by atoms with Gasteiger partial charge in [0.25, 0.3) is 0 Å². The van der Waals surface area contributed by atoms with Gasteiger partial charge in [-0.15, -0.1) is 0 Å². The number of para-hydroxylation sites is 1. The van der Waals surface area contributed by atoms with Gasteiger partial charge < -0.3 is 9.32 Å². The monoisotopic (exact) mass is 335 g/mol. The molecule has 1 aromatic carbocycles. The van der Waals surface area contributed by atoms with E-state index >= 15 is 0 Å². The number of nitrogens with zero attached hydrogens (tertiary/aromatic N) is 3. The summed E-state index contributed by atoms with van der Waals surface area (Å²) in [4.78, 5) is 12.0. The molecule has 1 saturated heterocycles. The van der Waals surface area contributed by atoms with Gasteiger partial charge in [0, 0.05) is 18.0 Å². The van der Waals surface area contributed by atoms with Crippen LogP contribution in [0.25, 0.3) is 22.1 Å². The van der Waals surface area contributed by atoms with Crippen molar-refractivity contribution in [3.05, 3.63) is 30.1 Å². The van der Waals surface area contributed by atoms with Gasteiger partial charge in [-0.05, 0) is 49.1 Å². The SMILES string of the molecule is Cc1nc(N2C[C@]3(C)C[C@@H]2CC(C)(C)C3)c2oc3ccccc3c2n1. The molecule has 0 radical (unpaired) electrons. The average molecular weight is 335 g/mol. The third-order valence-electron chi connectivity index (χ3n) is 6.00. The van der Waals surface area contributed by atoms with Crippen molar-refractivity contribution < 1.29 is 4.42 Å². The summed E-state index contributed by atoms with van der Waals surface area (Å²) in [7, 11) is 0. The third-order valence-corrected chi connectivity index (χ3v) is 6.00. The maximum absolute atomic E-state index is 6.22. The lowest BCUT2D eigenvalue weighted by molar-refractivity contribution is 0.136. The van der Waals surface area contributed by atoms with Crippen molar-refractivity contribution in [2.24, 2.45) is 10.8 Å². The second-order valence-electron chi connectivity index (χ2n) is 9.21. The number of rotatable bonds is 1. The number of fused-ring (bicyclic) bond motifs is 5. The van der Waals surface area contributed by atoms with Crippen LogP contribution >= 0.6 is 0 Å². The molecule has 1 aliphatic carbocycles. The van der Waals surface area contributed by atoms with Crippen molar-refractivity contribution >= 4 is 27.9 Å². The van der Waals surface area contributed by atoms with Crippen molar-refractivity contribution in [2.45, 2.75) is 53.0 Å². The number of furan rings is 1. The molecule has 4 heteroatoms. The molecule has 0 spiro atoms. The predicted molar refractivity (Wildman–Crippen MR) is 101 cm³/mol. The lowest BCUT2D eigenvalue weighted by Crippen LogP contribution is -2.35. The molecule has 0 unspecified atom stereocenters. The highest BCUT2D eigenvalue weighted by Crippen LogP contribution is 2.54. The first-order valence-corrected chi connectivity index (χ1v) is 9.26. The summed E-state index contributed by atoms with van der Waals surface area (Å²) in [5.74, 6) is 1.81. The van der Waals surface area contributed by atoms with Crippen LogP contribution in [0.4, 0.5) is 5.82 Å². The normalized spacial score (nSPS) is 28.2. The molecular weight excluding hydrogens is 310 g/mol. The maximum atomic E-state index is 6.22. The van der Waals surface area contributed by atoms with Gasteiger partial charge in [-0.25, -0.2) is 9.97 Å². The minimum absolute atomic E-state index is 0.365. The van der Waals surface area contributed by atoms with Crippen molar-refractivity contribution in [3.8, 4) is 0 Å². The Morgan fingerprint density at radius 1 is 1.12 bits per heavy atom. The summed E-state index contributed by atoms with van der Waals surface area (Å²) in [6.45, 7) is 10.3. The van der Waals surface area contributed by atoms with Gasteiger partial charge in [0.1, 0.15) is 16.9 Å². The Hall–Kier alpha value is -2.10. The van der Waals surface area contributed by atoms with E-state index in [-0.39, 0.29) is 0 Å². The Labute approximate surface area is 148 Å². The summed E-state index contributed by atoms with van der Waals surface area (Å²) in [5.41, 5.74) is 3.45. The van der Waals surface area contributed by atoms with E-state index in [2.05, 4.69) is 31.7 Å². The predicted octanol–water partition coefficient (Wildman–Crippen LogP) is 5.09. The number of hydrogen-bond donors (Lipinski definition) is 0. The fourth-order valence-corrected chi connectivity index (χ4v) is 5.59. The molecule has 5 rings (SSSR count). The van der Waals surface area contributed by atoms with Gasteiger partial charge in [-0.2, -0.15) is 0 Å². The lowest BCUT2D eigenvalue weighted by atomic mass is 9.65. The summed E-state index contributed by atoms with van der Waals surface area (Å²) in [6, 6.07) is 8.70. The number of anilines is 1. The van der Waals surface area contributed by atoms with Crippen LogP contribution in [0.15, 0.2) is 28.7 Å². The highest BCUT2D eigenvalue weighted by atomic mass is 16.3. The van der Waals surface area contributed by atoms with E-state index in [9.17, 15) is 0 Å². The van der Waals surface area contributed by atoms with Crippen LogP contribution in [0.5, 0.6) is 0 Å². The molecule has 1 aliphatic heterocycles. The lowest BCUT2D eigenvalue weighted by Gasteiger charge is -2.39. The summed E-state index contributed by atoms with van der Waals surface area (Å²) in [6.07, 6.45) is 3.74. The zero-order chi connectivity index (χ0) is 17.4. The Morgan fingerprint density at radius 2 is 1.92 bits per heavy atom. The zero-order valence-electron chi connectivity index (χ0n) is 15.5. The molecule has 1 saturated carbocycles. The highest BCUT2D eigenvalue weighted by molar-refractivity contribution is 6.05. The molecule has 3 heterocycles. The topological polar surface area (TPSA) is 42.2 Å². The van der Waals surface area contributed by atoms with Crippen molar-refractivity contribution in [2.75, 3.05) is 11.4 Å². The first-order chi connectivity index (χ1) is 11.8. The van der Waals surface area contributed by atoms with E-state index in [1.807, 2.05) is 25.1 Å². The Bertz CT molecular complexity index is 989. The first-order valence-electron chi connectivity index (χ1n) is 9.26. The molecule has 2 aromatic heterocycles. The second kappa shape index (κ2) is 4.75. The third kappa shape index (κ3) is 2.26. The minimum Gasteiger partial charge on any atom is -0.450 e.